The minimum atomic E-state index is -0.336. The molecule has 0 radical (unpaired) electrons. The number of hydrogen-bond acceptors (Lipinski definition) is 7. The maximum absolute atomic E-state index is 12.1. The zero-order chi connectivity index (χ0) is 22.5. The molecule has 1 aromatic heterocycles. The summed E-state index contributed by atoms with van der Waals surface area (Å²) in [5, 5.41) is 0.911. The Morgan fingerprint density at radius 3 is 2.34 bits per heavy atom. The first kappa shape index (κ1) is 22.0. The van der Waals surface area contributed by atoms with Gasteiger partial charge in [0, 0.05) is 61.8 Å². The van der Waals surface area contributed by atoms with Crippen molar-refractivity contribution in [2.45, 2.75) is 20.0 Å². The van der Waals surface area contributed by atoms with Gasteiger partial charge in [-0.05, 0) is 48.9 Å². The first-order chi connectivity index (χ1) is 15.6. The van der Waals surface area contributed by atoms with Crippen molar-refractivity contribution in [1.82, 2.24) is 9.80 Å². The van der Waals surface area contributed by atoms with Crippen LogP contribution in [0, 0.1) is 0 Å². The minimum Gasteiger partial charge on any atom is -0.496 e. The predicted molar refractivity (Wildman–Crippen MR) is 123 cm³/mol. The lowest BCUT2D eigenvalue weighted by Gasteiger charge is -2.35. The van der Waals surface area contributed by atoms with Crippen LogP contribution in [-0.4, -0.2) is 56.0 Å². The molecular weight excluding hydrogens is 408 g/mol. The van der Waals surface area contributed by atoms with Gasteiger partial charge in [-0.3, -0.25) is 14.6 Å². The van der Waals surface area contributed by atoms with Crippen LogP contribution in [0.2, 0.25) is 0 Å². The van der Waals surface area contributed by atoms with E-state index in [0.29, 0.717) is 24.3 Å². The van der Waals surface area contributed by atoms with Gasteiger partial charge in [-0.2, -0.15) is 0 Å². The highest BCUT2D eigenvalue weighted by molar-refractivity contribution is 5.81. The van der Waals surface area contributed by atoms with Crippen LogP contribution in [0.5, 0.6) is 11.5 Å². The molecular formula is C25H28N2O5. The first-order valence-electron chi connectivity index (χ1n) is 10.9. The van der Waals surface area contributed by atoms with Gasteiger partial charge < -0.3 is 13.9 Å². The van der Waals surface area contributed by atoms with Crippen molar-refractivity contribution >= 4 is 17.3 Å². The Balaban J connectivity index is 1.44. The SMILES string of the molecule is CCOc1ccc2oc(=O)cc(CN3CCN(Cc4cc(C=O)ccc4OC)CC3)c2c1. The van der Waals surface area contributed by atoms with Crippen LogP contribution >= 0.6 is 0 Å². The first-order valence-corrected chi connectivity index (χ1v) is 10.9. The summed E-state index contributed by atoms with van der Waals surface area (Å²) in [4.78, 5) is 27.9. The van der Waals surface area contributed by atoms with Gasteiger partial charge in [-0.1, -0.05) is 0 Å². The molecule has 0 spiro atoms. The molecule has 1 saturated heterocycles. The lowest BCUT2D eigenvalue weighted by molar-refractivity contribution is 0.112. The topological polar surface area (TPSA) is 72.2 Å². The molecule has 2 aromatic carbocycles. The van der Waals surface area contributed by atoms with Crippen molar-refractivity contribution in [2.24, 2.45) is 0 Å². The van der Waals surface area contributed by atoms with Gasteiger partial charge in [0.1, 0.15) is 23.4 Å². The van der Waals surface area contributed by atoms with E-state index in [1.165, 1.54) is 0 Å². The summed E-state index contributed by atoms with van der Waals surface area (Å²) in [7, 11) is 1.65. The molecule has 7 nitrogen and oxygen atoms in total. The van der Waals surface area contributed by atoms with Crippen LogP contribution in [0.15, 0.2) is 51.7 Å². The fraction of sp³-hybridized carbons (Fsp3) is 0.360. The number of carbonyl (C=O) groups excluding carboxylic acids is 1. The Labute approximate surface area is 187 Å². The maximum Gasteiger partial charge on any atom is 0.336 e. The van der Waals surface area contributed by atoms with Crippen molar-refractivity contribution in [3.8, 4) is 11.5 Å². The molecule has 0 unspecified atom stereocenters. The minimum absolute atomic E-state index is 0.336. The Morgan fingerprint density at radius 2 is 1.69 bits per heavy atom. The number of piperazine rings is 1. The molecule has 32 heavy (non-hydrogen) atoms. The molecule has 2 heterocycles. The lowest BCUT2D eigenvalue weighted by Crippen LogP contribution is -2.45. The van der Waals surface area contributed by atoms with Crippen molar-refractivity contribution in [2.75, 3.05) is 39.9 Å². The molecule has 0 atom stereocenters. The number of carbonyl (C=O) groups is 1. The van der Waals surface area contributed by atoms with Gasteiger partial charge in [0.25, 0.3) is 0 Å². The predicted octanol–water partition coefficient (Wildman–Crippen LogP) is 3.33. The van der Waals surface area contributed by atoms with E-state index in [2.05, 4.69) is 9.80 Å². The van der Waals surface area contributed by atoms with Gasteiger partial charge in [-0.15, -0.1) is 0 Å². The Hall–Kier alpha value is -3.16. The Bertz CT molecular complexity index is 1150. The summed E-state index contributed by atoms with van der Waals surface area (Å²) < 4.78 is 16.5. The molecule has 1 aliphatic heterocycles. The average molecular weight is 437 g/mol. The Kier molecular flexibility index (Phi) is 6.87. The van der Waals surface area contributed by atoms with Crippen molar-refractivity contribution in [1.29, 1.82) is 0 Å². The highest BCUT2D eigenvalue weighted by atomic mass is 16.5. The number of benzene rings is 2. The molecule has 1 fully saturated rings. The monoisotopic (exact) mass is 436 g/mol. The third-order valence-corrected chi connectivity index (χ3v) is 5.80. The number of fused-ring (bicyclic) bond motifs is 1. The highest BCUT2D eigenvalue weighted by Crippen LogP contribution is 2.25. The molecule has 0 bridgehead atoms. The van der Waals surface area contributed by atoms with Gasteiger partial charge in [0.15, 0.2) is 0 Å². The van der Waals surface area contributed by atoms with E-state index in [1.807, 2.05) is 31.2 Å². The molecule has 1 aliphatic rings. The molecule has 168 valence electrons. The molecule has 0 N–H and O–H groups in total. The third-order valence-electron chi connectivity index (χ3n) is 5.80. The molecule has 4 rings (SSSR count). The fourth-order valence-corrected chi connectivity index (χ4v) is 4.18. The van der Waals surface area contributed by atoms with E-state index in [9.17, 15) is 9.59 Å². The second kappa shape index (κ2) is 9.97. The summed E-state index contributed by atoms with van der Waals surface area (Å²) in [5.74, 6) is 1.57. The molecule has 0 amide bonds. The van der Waals surface area contributed by atoms with Crippen LogP contribution in [0.4, 0.5) is 0 Å². The summed E-state index contributed by atoms with van der Waals surface area (Å²) >= 11 is 0. The van der Waals surface area contributed by atoms with Gasteiger partial charge in [0.05, 0.1) is 13.7 Å². The van der Waals surface area contributed by atoms with Crippen molar-refractivity contribution in [3.05, 3.63) is 69.6 Å². The summed E-state index contributed by atoms with van der Waals surface area (Å²) in [6.07, 6.45) is 0.860. The average Bonchev–Trinajstić information content (AvgIpc) is 2.80. The van der Waals surface area contributed by atoms with E-state index >= 15 is 0 Å². The van der Waals surface area contributed by atoms with E-state index in [4.69, 9.17) is 13.9 Å². The van der Waals surface area contributed by atoms with Gasteiger partial charge in [0.2, 0.25) is 0 Å². The summed E-state index contributed by atoms with van der Waals surface area (Å²) in [6.45, 7) is 7.46. The number of ether oxygens (including phenoxy) is 2. The zero-order valence-corrected chi connectivity index (χ0v) is 18.5. The zero-order valence-electron chi connectivity index (χ0n) is 18.5. The number of hydrogen-bond donors (Lipinski definition) is 0. The van der Waals surface area contributed by atoms with Crippen molar-refractivity contribution in [3.63, 3.8) is 0 Å². The van der Waals surface area contributed by atoms with Gasteiger partial charge >= 0.3 is 5.63 Å². The lowest BCUT2D eigenvalue weighted by atomic mass is 10.1. The van der Waals surface area contributed by atoms with Crippen LogP contribution in [0.25, 0.3) is 11.0 Å². The van der Waals surface area contributed by atoms with E-state index in [1.54, 1.807) is 25.3 Å². The molecule has 7 heteroatoms. The number of aldehydes is 1. The second-order valence-corrected chi connectivity index (χ2v) is 7.92. The number of rotatable bonds is 8. The maximum atomic E-state index is 12.1. The fourth-order valence-electron chi connectivity index (χ4n) is 4.18. The van der Waals surface area contributed by atoms with E-state index in [-0.39, 0.29) is 5.63 Å². The Morgan fingerprint density at radius 1 is 0.969 bits per heavy atom. The van der Waals surface area contributed by atoms with Crippen LogP contribution in [0.1, 0.15) is 28.4 Å². The van der Waals surface area contributed by atoms with Crippen molar-refractivity contribution < 1.29 is 18.7 Å². The highest BCUT2D eigenvalue weighted by Gasteiger charge is 2.20. The largest absolute Gasteiger partial charge is 0.496 e. The second-order valence-electron chi connectivity index (χ2n) is 7.92. The number of methoxy groups -OCH3 is 1. The van der Waals surface area contributed by atoms with Gasteiger partial charge in [-0.25, -0.2) is 4.79 Å². The van der Waals surface area contributed by atoms with E-state index < -0.39 is 0 Å². The molecule has 3 aromatic rings. The smallest absolute Gasteiger partial charge is 0.336 e. The van der Waals surface area contributed by atoms with Crippen LogP contribution in [0.3, 0.4) is 0 Å². The third kappa shape index (κ3) is 5.00. The summed E-state index contributed by atoms with van der Waals surface area (Å²) in [5.41, 5.74) is 2.86. The molecule has 0 saturated carbocycles. The molecule has 0 aliphatic carbocycles. The van der Waals surface area contributed by atoms with Crippen LogP contribution < -0.4 is 15.1 Å². The van der Waals surface area contributed by atoms with Crippen LogP contribution in [-0.2, 0) is 13.1 Å². The standard InChI is InChI=1S/C25H28N2O5/c1-3-31-21-5-7-24-22(14-21)19(13-25(29)32-24)15-26-8-10-27(11-9-26)16-20-12-18(17-28)4-6-23(20)30-2/h4-7,12-14,17H,3,8-11,15-16H2,1-2H3. The summed E-state index contributed by atoms with van der Waals surface area (Å²) in [6, 6.07) is 12.7. The normalized spacial score (nSPS) is 15.1. The van der Waals surface area contributed by atoms with E-state index in [0.717, 1.165) is 67.0 Å². The number of nitrogens with zero attached hydrogens (tertiary/aromatic N) is 2. The quantitative estimate of drug-likeness (QED) is 0.396.